The maximum absolute atomic E-state index is 14.1. The third kappa shape index (κ3) is 7.72. The summed E-state index contributed by atoms with van der Waals surface area (Å²) in [6.45, 7) is 4.59. The first-order valence-electron chi connectivity index (χ1n) is 18.5. The van der Waals surface area contributed by atoms with Gasteiger partial charge in [-0.15, -0.1) is 10.2 Å². The Bertz CT molecular complexity index is 2800. The van der Waals surface area contributed by atoms with E-state index in [-0.39, 0.29) is 96.8 Å². The lowest BCUT2D eigenvalue weighted by Crippen LogP contribution is -2.44. The highest BCUT2D eigenvalue weighted by Crippen LogP contribution is 2.42. The normalized spacial score (nSPS) is 17.0. The van der Waals surface area contributed by atoms with Crippen LogP contribution in [0.4, 0.5) is 32.1 Å². The molecule has 8 rings (SSSR count). The van der Waals surface area contributed by atoms with Gasteiger partial charge in [0.2, 0.25) is 41.0 Å². The molecule has 2 aliphatic rings. The lowest BCUT2D eigenvalue weighted by Gasteiger charge is -2.20. The molecule has 0 saturated carbocycles. The van der Waals surface area contributed by atoms with Crippen molar-refractivity contribution in [2.75, 3.05) is 42.9 Å². The minimum absolute atomic E-state index is 0. The van der Waals surface area contributed by atoms with Crippen LogP contribution in [0.25, 0.3) is 23.3 Å². The number of aromatic nitrogens is 10. The number of halogens is 2. The number of anilines is 4. The molecule has 2 aromatic carbocycles. The number of methoxy groups -OCH3 is 2. The van der Waals surface area contributed by atoms with Gasteiger partial charge < -0.3 is 42.0 Å². The smallest absolute Gasteiger partial charge is 0.326 e. The van der Waals surface area contributed by atoms with Crippen LogP contribution < -0.4 is 37.3 Å². The van der Waals surface area contributed by atoms with E-state index >= 15 is 0 Å². The zero-order valence-corrected chi connectivity index (χ0v) is 33.6. The van der Waals surface area contributed by atoms with E-state index < -0.39 is 46.2 Å². The van der Waals surface area contributed by atoms with Crippen molar-refractivity contribution in [3.05, 3.63) is 82.4 Å². The molecule has 2 unspecified atom stereocenters. The number of rotatable bonds is 11. The van der Waals surface area contributed by atoms with E-state index in [1.165, 1.54) is 49.6 Å². The van der Waals surface area contributed by atoms with Gasteiger partial charge in [0, 0.05) is 11.1 Å². The second kappa shape index (κ2) is 17.1. The number of carbonyl (C=O) groups is 4. The van der Waals surface area contributed by atoms with E-state index in [2.05, 4.69) is 50.7 Å². The van der Waals surface area contributed by atoms with Crippen molar-refractivity contribution in [2.24, 2.45) is 5.73 Å². The first kappa shape index (κ1) is 44.4. The molecular formula is C39H41F2N15O7. The van der Waals surface area contributed by atoms with Crippen molar-refractivity contribution < 1.29 is 42.2 Å². The number of hydrogen-bond acceptors (Lipinski definition) is 17. The number of benzene rings is 2. The van der Waals surface area contributed by atoms with E-state index in [1.54, 1.807) is 43.3 Å². The Balaban J connectivity index is 0.000000207. The SMILES string of the molecule is C.CCOC(=O)C1(C)C(=O)Nc2nc(-c3nc(OC)n(Cc4ccccc4F)n3)nc(N)c21.COc1nc(-c2nc(N)c3c(n2)NC(=O)C3(C)C(N)=O)nn1Cc1ccccc1F. The van der Waals surface area contributed by atoms with Gasteiger partial charge >= 0.3 is 18.0 Å². The number of nitrogens with one attached hydrogen (secondary N) is 2. The highest BCUT2D eigenvalue weighted by molar-refractivity contribution is 6.21. The van der Waals surface area contributed by atoms with Crippen molar-refractivity contribution in [2.45, 2.75) is 52.1 Å². The lowest BCUT2D eigenvalue weighted by atomic mass is 9.84. The van der Waals surface area contributed by atoms with Crippen molar-refractivity contribution in [1.29, 1.82) is 0 Å². The van der Waals surface area contributed by atoms with Gasteiger partial charge in [0.15, 0.2) is 10.8 Å². The molecule has 0 saturated heterocycles. The molecule has 3 amide bonds. The molecule has 0 radical (unpaired) electrons. The summed E-state index contributed by atoms with van der Waals surface area (Å²) in [5.74, 6) is -3.72. The van der Waals surface area contributed by atoms with Crippen LogP contribution in [0.5, 0.6) is 12.0 Å². The second-order valence-corrected chi connectivity index (χ2v) is 13.9. The third-order valence-corrected chi connectivity index (χ3v) is 10.0. The molecule has 4 aromatic heterocycles. The summed E-state index contributed by atoms with van der Waals surface area (Å²) in [6, 6.07) is 12.7. The maximum Gasteiger partial charge on any atom is 0.326 e. The largest absolute Gasteiger partial charge is 0.467 e. The molecule has 6 heterocycles. The Morgan fingerprint density at radius 2 is 1.10 bits per heavy atom. The van der Waals surface area contributed by atoms with Crippen molar-refractivity contribution >= 4 is 47.0 Å². The van der Waals surface area contributed by atoms with Gasteiger partial charge in [-0.1, -0.05) is 43.8 Å². The number of nitrogens with zero attached hydrogens (tertiary/aromatic N) is 10. The molecule has 0 aliphatic carbocycles. The van der Waals surface area contributed by atoms with E-state index in [0.717, 1.165) is 0 Å². The van der Waals surface area contributed by atoms with Gasteiger partial charge in [-0.25, -0.2) is 38.1 Å². The van der Waals surface area contributed by atoms with Crippen LogP contribution in [0.1, 0.15) is 50.5 Å². The van der Waals surface area contributed by atoms with Gasteiger partial charge in [0.1, 0.15) is 34.9 Å². The Morgan fingerprint density at radius 1 is 0.683 bits per heavy atom. The number of esters is 1. The second-order valence-electron chi connectivity index (χ2n) is 13.9. The van der Waals surface area contributed by atoms with Crippen LogP contribution in [0.2, 0.25) is 0 Å². The minimum Gasteiger partial charge on any atom is -0.467 e. The molecule has 63 heavy (non-hydrogen) atoms. The fourth-order valence-corrected chi connectivity index (χ4v) is 6.65. The fourth-order valence-electron chi connectivity index (χ4n) is 6.65. The summed E-state index contributed by atoms with van der Waals surface area (Å²) in [5.41, 5.74) is 15.1. The third-order valence-electron chi connectivity index (χ3n) is 10.0. The Hall–Kier alpha value is -8.18. The van der Waals surface area contributed by atoms with E-state index in [0.29, 0.717) is 11.1 Å². The van der Waals surface area contributed by atoms with Crippen LogP contribution in [0.3, 0.4) is 0 Å². The monoisotopic (exact) mass is 869 g/mol. The molecule has 0 spiro atoms. The summed E-state index contributed by atoms with van der Waals surface area (Å²) in [5, 5.41) is 13.6. The average molecular weight is 870 g/mol. The summed E-state index contributed by atoms with van der Waals surface area (Å²) < 4.78 is 46.2. The zero-order chi connectivity index (χ0) is 44.7. The fraction of sp³-hybridized carbons (Fsp3) is 0.282. The van der Waals surface area contributed by atoms with Crippen LogP contribution >= 0.6 is 0 Å². The van der Waals surface area contributed by atoms with Crippen molar-refractivity contribution in [3.8, 4) is 35.3 Å². The zero-order valence-electron chi connectivity index (χ0n) is 33.6. The van der Waals surface area contributed by atoms with E-state index in [9.17, 15) is 28.0 Å². The van der Waals surface area contributed by atoms with E-state index in [4.69, 9.17) is 31.4 Å². The van der Waals surface area contributed by atoms with Crippen LogP contribution in [0, 0.1) is 11.6 Å². The summed E-state index contributed by atoms with van der Waals surface area (Å²) in [4.78, 5) is 74.5. The maximum atomic E-state index is 14.1. The predicted octanol–water partition coefficient (Wildman–Crippen LogP) is 2.13. The number of nitrogens with two attached hydrogens (primary N) is 3. The number of nitrogen functional groups attached to an aromatic ring is 2. The molecule has 24 heteroatoms. The lowest BCUT2D eigenvalue weighted by molar-refractivity contribution is -0.152. The summed E-state index contributed by atoms with van der Waals surface area (Å²) in [6.07, 6.45) is 0. The van der Waals surface area contributed by atoms with Crippen molar-refractivity contribution in [1.82, 2.24) is 49.5 Å². The molecule has 0 bridgehead atoms. The number of primary amides is 1. The highest BCUT2D eigenvalue weighted by Gasteiger charge is 2.54. The predicted molar refractivity (Wildman–Crippen MR) is 220 cm³/mol. The molecule has 22 nitrogen and oxygen atoms in total. The molecule has 328 valence electrons. The standard InChI is InChI=1S/C20H20FN7O4.C18H17FN8O3.CH4/c1-4-32-18(30)20(2)12-13(22)23-15(24-14(12)25-17(20)29)16-26-19(31-3)28(27-16)9-10-7-5-6-8-11(10)21;1-18(15(21)28)10-11(20)22-13(23-12(10)24-16(18)29)14-25-17(30-2)27(26-14)7-8-5-3-4-6-9(8)19;/h5-8H,4,9H2,1-3H3,(H3,22,23,24,25,29);3-6H,7H2,1-2H3,(H2,21,28)(H3,20,22,23,24,29);1H4. The average Bonchev–Trinajstić information content (AvgIpc) is 3.98. The molecule has 8 N–H and O–H groups in total. The van der Waals surface area contributed by atoms with Crippen LogP contribution in [-0.4, -0.2) is 94.0 Å². The number of hydrogen-bond donors (Lipinski definition) is 5. The van der Waals surface area contributed by atoms with E-state index in [1.807, 2.05) is 0 Å². The molecule has 0 fully saturated rings. The summed E-state index contributed by atoms with van der Waals surface area (Å²) >= 11 is 0. The molecule has 2 aliphatic heterocycles. The Kier molecular flexibility index (Phi) is 12.0. The van der Waals surface area contributed by atoms with Gasteiger partial charge in [-0.3, -0.25) is 19.2 Å². The number of ether oxygens (including phenoxy) is 3. The van der Waals surface area contributed by atoms with Crippen LogP contribution in [0.15, 0.2) is 48.5 Å². The van der Waals surface area contributed by atoms with Crippen LogP contribution in [-0.2, 0) is 47.8 Å². The van der Waals surface area contributed by atoms with Gasteiger partial charge in [0.25, 0.3) is 0 Å². The first-order valence-corrected chi connectivity index (χ1v) is 18.5. The van der Waals surface area contributed by atoms with Gasteiger partial charge in [-0.05, 0) is 32.9 Å². The number of carbonyl (C=O) groups excluding carboxylic acids is 4. The Morgan fingerprint density at radius 3 is 1.49 bits per heavy atom. The van der Waals surface area contributed by atoms with Gasteiger partial charge in [-0.2, -0.15) is 9.97 Å². The quantitative estimate of drug-likeness (QED) is 0.0920. The van der Waals surface area contributed by atoms with Gasteiger partial charge in [0.05, 0.1) is 45.0 Å². The Labute approximate surface area is 356 Å². The highest BCUT2D eigenvalue weighted by atomic mass is 19.1. The number of fused-ring (bicyclic) bond motifs is 2. The molecule has 2 atom stereocenters. The minimum atomic E-state index is -1.69. The summed E-state index contributed by atoms with van der Waals surface area (Å²) in [7, 11) is 2.79. The molecule has 6 aromatic rings. The van der Waals surface area contributed by atoms with Crippen molar-refractivity contribution in [3.63, 3.8) is 0 Å². The molecular weight excluding hydrogens is 829 g/mol. The number of amides is 3. The topological polar surface area (TPSA) is 311 Å². The first-order chi connectivity index (χ1) is 29.5.